The minimum Gasteiger partial charge on any atom is -0.322 e. The molecule has 5 heteroatoms. The molecule has 0 spiro atoms. The largest absolute Gasteiger partial charge is 0.322 e. The maximum absolute atomic E-state index is 12.8. The molecule has 0 unspecified atom stereocenters. The number of carbonyl (C=O) groups is 2. The SMILES string of the molecule is C[C@@H](C(=O)N(C)c1ccccc1)N(C(=O)CN)c1ccccc1. The number of amides is 2. The molecule has 0 saturated heterocycles. The fourth-order valence-corrected chi connectivity index (χ4v) is 2.44. The Morgan fingerprint density at radius 1 is 0.957 bits per heavy atom. The lowest BCUT2D eigenvalue weighted by molar-refractivity contribution is -0.123. The number of nitrogens with two attached hydrogens (primary N) is 1. The van der Waals surface area contributed by atoms with E-state index in [2.05, 4.69) is 0 Å². The van der Waals surface area contributed by atoms with Crippen LogP contribution in [0.5, 0.6) is 0 Å². The van der Waals surface area contributed by atoms with E-state index in [4.69, 9.17) is 5.73 Å². The van der Waals surface area contributed by atoms with E-state index < -0.39 is 6.04 Å². The van der Waals surface area contributed by atoms with Crippen LogP contribution in [0.25, 0.3) is 0 Å². The van der Waals surface area contributed by atoms with Gasteiger partial charge < -0.3 is 10.6 Å². The van der Waals surface area contributed by atoms with Crippen LogP contribution in [0.2, 0.25) is 0 Å². The molecule has 0 bridgehead atoms. The molecule has 2 aromatic carbocycles. The van der Waals surface area contributed by atoms with Crippen LogP contribution in [-0.2, 0) is 9.59 Å². The highest BCUT2D eigenvalue weighted by atomic mass is 16.2. The number of benzene rings is 2. The van der Waals surface area contributed by atoms with Crippen molar-refractivity contribution in [1.29, 1.82) is 0 Å². The van der Waals surface area contributed by atoms with Crippen molar-refractivity contribution in [1.82, 2.24) is 0 Å². The van der Waals surface area contributed by atoms with Crippen LogP contribution < -0.4 is 15.5 Å². The predicted molar refractivity (Wildman–Crippen MR) is 92.3 cm³/mol. The van der Waals surface area contributed by atoms with Crippen LogP contribution in [-0.4, -0.2) is 31.4 Å². The molecule has 0 heterocycles. The Morgan fingerprint density at radius 3 is 1.91 bits per heavy atom. The molecule has 2 amide bonds. The molecule has 1 atom stereocenters. The molecule has 2 rings (SSSR count). The topological polar surface area (TPSA) is 66.6 Å². The van der Waals surface area contributed by atoms with Crippen molar-refractivity contribution in [2.75, 3.05) is 23.4 Å². The number of nitrogens with zero attached hydrogens (tertiary/aromatic N) is 2. The summed E-state index contributed by atoms with van der Waals surface area (Å²) in [7, 11) is 1.70. The first-order valence-corrected chi connectivity index (χ1v) is 7.46. The van der Waals surface area contributed by atoms with E-state index >= 15 is 0 Å². The van der Waals surface area contributed by atoms with Crippen LogP contribution in [0.15, 0.2) is 60.7 Å². The third-order valence-corrected chi connectivity index (χ3v) is 3.70. The highest BCUT2D eigenvalue weighted by molar-refractivity contribution is 6.06. The number of para-hydroxylation sites is 2. The summed E-state index contributed by atoms with van der Waals surface area (Å²) in [5.74, 6) is -0.472. The molecule has 0 aliphatic rings. The van der Waals surface area contributed by atoms with Crippen molar-refractivity contribution < 1.29 is 9.59 Å². The summed E-state index contributed by atoms with van der Waals surface area (Å²) in [5, 5.41) is 0. The summed E-state index contributed by atoms with van der Waals surface area (Å²) in [4.78, 5) is 28.0. The fraction of sp³-hybridized carbons (Fsp3) is 0.222. The number of carbonyl (C=O) groups excluding carboxylic acids is 2. The minimum atomic E-state index is -0.654. The first-order valence-electron chi connectivity index (χ1n) is 7.46. The normalized spacial score (nSPS) is 11.6. The van der Waals surface area contributed by atoms with Gasteiger partial charge in [-0.25, -0.2) is 0 Å². The molecule has 0 aromatic heterocycles. The zero-order valence-corrected chi connectivity index (χ0v) is 13.3. The maximum Gasteiger partial charge on any atom is 0.249 e. The van der Waals surface area contributed by atoms with Crippen molar-refractivity contribution in [2.45, 2.75) is 13.0 Å². The number of anilines is 2. The van der Waals surface area contributed by atoms with Crippen molar-refractivity contribution in [3.63, 3.8) is 0 Å². The summed E-state index contributed by atoms with van der Waals surface area (Å²) in [6.07, 6.45) is 0. The molecule has 23 heavy (non-hydrogen) atoms. The number of hydrogen-bond donors (Lipinski definition) is 1. The Hall–Kier alpha value is -2.66. The van der Waals surface area contributed by atoms with E-state index in [0.29, 0.717) is 5.69 Å². The van der Waals surface area contributed by atoms with E-state index in [0.717, 1.165) is 5.69 Å². The maximum atomic E-state index is 12.8. The van der Waals surface area contributed by atoms with Crippen LogP contribution in [0.4, 0.5) is 11.4 Å². The summed E-state index contributed by atoms with van der Waals surface area (Å²) >= 11 is 0. The van der Waals surface area contributed by atoms with Gasteiger partial charge in [-0.05, 0) is 31.2 Å². The molecule has 2 N–H and O–H groups in total. The lowest BCUT2D eigenvalue weighted by atomic mass is 10.1. The van der Waals surface area contributed by atoms with Crippen LogP contribution >= 0.6 is 0 Å². The van der Waals surface area contributed by atoms with Crippen molar-refractivity contribution in [3.05, 3.63) is 60.7 Å². The van der Waals surface area contributed by atoms with Gasteiger partial charge in [0.15, 0.2) is 0 Å². The van der Waals surface area contributed by atoms with E-state index in [1.165, 1.54) is 4.90 Å². The predicted octanol–water partition coefficient (Wildman–Crippen LogP) is 2.03. The molecule has 120 valence electrons. The Kier molecular flexibility index (Phi) is 5.49. The van der Waals surface area contributed by atoms with Gasteiger partial charge in [-0.15, -0.1) is 0 Å². The standard InChI is InChI=1S/C18H21N3O2/c1-14(18(23)20(2)15-9-5-3-6-10-15)21(17(22)13-19)16-11-7-4-8-12-16/h3-12,14H,13,19H2,1-2H3/t14-/m0/s1. The van der Waals surface area contributed by atoms with Gasteiger partial charge in [0.2, 0.25) is 11.8 Å². The Bertz CT molecular complexity index is 658. The fourth-order valence-electron chi connectivity index (χ4n) is 2.44. The zero-order valence-electron chi connectivity index (χ0n) is 13.3. The smallest absolute Gasteiger partial charge is 0.249 e. The monoisotopic (exact) mass is 311 g/mol. The van der Waals surface area contributed by atoms with E-state index in [1.54, 1.807) is 31.0 Å². The van der Waals surface area contributed by atoms with Crippen molar-refractivity contribution in [3.8, 4) is 0 Å². The zero-order chi connectivity index (χ0) is 16.8. The summed E-state index contributed by atoms with van der Waals surface area (Å²) in [5.41, 5.74) is 6.95. The summed E-state index contributed by atoms with van der Waals surface area (Å²) < 4.78 is 0. The van der Waals surface area contributed by atoms with Gasteiger partial charge in [0, 0.05) is 18.4 Å². The van der Waals surface area contributed by atoms with Gasteiger partial charge in [0.05, 0.1) is 6.54 Å². The lowest BCUT2D eigenvalue weighted by Gasteiger charge is -2.31. The molecular weight excluding hydrogens is 290 g/mol. The average Bonchev–Trinajstić information content (AvgIpc) is 2.62. The Balaban J connectivity index is 2.28. The molecule has 0 aliphatic heterocycles. The second-order valence-electron chi connectivity index (χ2n) is 5.21. The third kappa shape index (κ3) is 3.76. The quantitative estimate of drug-likeness (QED) is 0.919. The molecule has 0 radical (unpaired) electrons. The second kappa shape index (κ2) is 7.56. The molecule has 0 fully saturated rings. The first kappa shape index (κ1) is 16.7. The second-order valence-corrected chi connectivity index (χ2v) is 5.21. The Morgan fingerprint density at radius 2 is 1.43 bits per heavy atom. The van der Waals surface area contributed by atoms with Gasteiger partial charge in [0.25, 0.3) is 0 Å². The van der Waals surface area contributed by atoms with Gasteiger partial charge in [-0.1, -0.05) is 36.4 Å². The number of likely N-dealkylation sites (N-methyl/N-ethyl adjacent to an activating group) is 1. The molecule has 0 saturated carbocycles. The van der Waals surface area contributed by atoms with Gasteiger partial charge in [-0.3, -0.25) is 14.5 Å². The van der Waals surface area contributed by atoms with E-state index in [-0.39, 0.29) is 18.4 Å². The van der Waals surface area contributed by atoms with Crippen LogP contribution in [0.3, 0.4) is 0 Å². The van der Waals surface area contributed by atoms with Crippen molar-refractivity contribution >= 4 is 23.2 Å². The molecular formula is C18H21N3O2. The lowest BCUT2D eigenvalue weighted by Crippen LogP contribution is -2.50. The van der Waals surface area contributed by atoms with Gasteiger partial charge in [-0.2, -0.15) is 0 Å². The Labute approximate surface area is 136 Å². The molecule has 0 aliphatic carbocycles. The number of rotatable bonds is 5. The molecule has 2 aromatic rings. The van der Waals surface area contributed by atoms with Crippen LogP contribution in [0, 0.1) is 0 Å². The summed E-state index contributed by atoms with van der Waals surface area (Å²) in [6, 6.07) is 17.8. The average molecular weight is 311 g/mol. The molecule has 5 nitrogen and oxygen atoms in total. The highest BCUT2D eigenvalue weighted by Gasteiger charge is 2.29. The van der Waals surface area contributed by atoms with Crippen LogP contribution in [0.1, 0.15) is 6.92 Å². The van der Waals surface area contributed by atoms with E-state index in [9.17, 15) is 9.59 Å². The van der Waals surface area contributed by atoms with Gasteiger partial charge in [0.1, 0.15) is 6.04 Å². The van der Waals surface area contributed by atoms with E-state index in [1.807, 2.05) is 48.5 Å². The van der Waals surface area contributed by atoms with Gasteiger partial charge >= 0.3 is 0 Å². The number of hydrogen-bond acceptors (Lipinski definition) is 3. The van der Waals surface area contributed by atoms with Crippen molar-refractivity contribution in [2.24, 2.45) is 5.73 Å². The first-order chi connectivity index (χ1) is 11.1. The third-order valence-electron chi connectivity index (χ3n) is 3.70. The summed E-state index contributed by atoms with van der Waals surface area (Å²) in [6.45, 7) is 1.56. The minimum absolute atomic E-state index is 0.151. The highest BCUT2D eigenvalue weighted by Crippen LogP contribution is 2.20.